The molecular weight excluding hydrogens is 262 g/mol. The van der Waals surface area contributed by atoms with Crippen LogP contribution in [0.3, 0.4) is 0 Å². The lowest BCUT2D eigenvalue weighted by molar-refractivity contribution is 0.249. The summed E-state index contributed by atoms with van der Waals surface area (Å²) >= 11 is 0. The average molecular weight is 285 g/mol. The molecule has 0 saturated carbocycles. The molecule has 2 heterocycles. The second-order valence-electron chi connectivity index (χ2n) is 5.77. The molecule has 0 aliphatic carbocycles. The molecule has 112 valence electrons. The Labute approximate surface area is 126 Å². The molecule has 1 aromatic carbocycles. The molecule has 0 spiro atoms. The van der Waals surface area contributed by atoms with Gasteiger partial charge in [-0.05, 0) is 24.5 Å². The summed E-state index contributed by atoms with van der Waals surface area (Å²) in [6, 6.07) is 9.19. The zero-order valence-corrected chi connectivity index (χ0v) is 12.6. The van der Waals surface area contributed by atoms with E-state index in [1.165, 1.54) is 17.5 Å². The van der Waals surface area contributed by atoms with Crippen molar-refractivity contribution in [2.24, 2.45) is 0 Å². The Morgan fingerprint density at radius 3 is 2.95 bits per heavy atom. The van der Waals surface area contributed by atoms with Gasteiger partial charge in [0, 0.05) is 32.2 Å². The third-order valence-electron chi connectivity index (χ3n) is 4.06. The molecular formula is C16H23N5. The van der Waals surface area contributed by atoms with Crippen LogP contribution < -0.4 is 5.32 Å². The van der Waals surface area contributed by atoms with Crippen LogP contribution in [0.25, 0.3) is 0 Å². The number of hydrogen-bond acceptors (Lipinski definition) is 4. The zero-order valence-electron chi connectivity index (χ0n) is 12.6. The molecule has 0 saturated heterocycles. The minimum absolute atomic E-state index is 0.406. The van der Waals surface area contributed by atoms with E-state index in [1.54, 1.807) is 12.7 Å². The maximum absolute atomic E-state index is 4.13. The maximum atomic E-state index is 4.13. The topological polar surface area (TPSA) is 46.0 Å². The first-order valence-corrected chi connectivity index (χ1v) is 7.66. The molecule has 0 amide bonds. The minimum Gasteiger partial charge on any atom is -0.311 e. The molecule has 0 radical (unpaired) electrons. The van der Waals surface area contributed by atoms with Gasteiger partial charge in [-0.1, -0.05) is 24.3 Å². The molecule has 1 N–H and O–H groups in total. The lowest BCUT2D eigenvalue weighted by Crippen LogP contribution is -2.39. The number of nitrogens with zero attached hydrogens (tertiary/aromatic N) is 4. The lowest BCUT2D eigenvalue weighted by atomic mass is 10.00. The highest BCUT2D eigenvalue weighted by atomic mass is 15.3. The van der Waals surface area contributed by atoms with E-state index >= 15 is 0 Å². The normalized spacial score (nSPS) is 16.6. The molecule has 1 aromatic heterocycles. The van der Waals surface area contributed by atoms with E-state index in [9.17, 15) is 0 Å². The molecule has 0 bridgehead atoms. The summed E-state index contributed by atoms with van der Waals surface area (Å²) in [4.78, 5) is 6.49. The largest absolute Gasteiger partial charge is 0.311 e. The number of hydrogen-bond donors (Lipinski definition) is 1. The summed E-state index contributed by atoms with van der Waals surface area (Å²) in [6.45, 7) is 7.40. The quantitative estimate of drug-likeness (QED) is 0.869. The van der Waals surface area contributed by atoms with Gasteiger partial charge in [0.2, 0.25) is 0 Å². The Bertz CT molecular complexity index is 552. The van der Waals surface area contributed by atoms with Gasteiger partial charge in [-0.2, -0.15) is 5.10 Å². The number of aromatic nitrogens is 3. The fourth-order valence-electron chi connectivity index (χ4n) is 2.89. The van der Waals surface area contributed by atoms with Gasteiger partial charge in [-0.25, -0.2) is 4.98 Å². The van der Waals surface area contributed by atoms with Crippen LogP contribution in [0.4, 0.5) is 0 Å². The highest BCUT2D eigenvalue weighted by Gasteiger charge is 2.15. The monoisotopic (exact) mass is 285 g/mol. The summed E-state index contributed by atoms with van der Waals surface area (Å²) in [5.41, 5.74) is 3.00. The van der Waals surface area contributed by atoms with Crippen molar-refractivity contribution >= 4 is 0 Å². The van der Waals surface area contributed by atoms with Crippen molar-refractivity contribution < 1.29 is 0 Å². The second-order valence-corrected chi connectivity index (χ2v) is 5.77. The van der Waals surface area contributed by atoms with Crippen molar-refractivity contribution in [1.82, 2.24) is 25.0 Å². The third-order valence-corrected chi connectivity index (χ3v) is 4.06. The Hall–Kier alpha value is -1.72. The van der Waals surface area contributed by atoms with Crippen LogP contribution in [0.2, 0.25) is 0 Å². The van der Waals surface area contributed by atoms with E-state index in [2.05, 4.69) is 51.5 Å². The fourth-order valence-corrected chi connectivity index (χ4v) is 2.89. The van der Waals surface area contributed by atoms with Crippen molar-refractivity contribution in [3.63, 3.8) is 0 Å². The van der Waals surface area contributed by atoms with Crippen molar-refractivity contribution in [1.29, 1.82) is 0 Å². The van der Waals surface area contributed by atoms with E-state index in [4.69, 9.17) is 0 Å². The van der Waals surface area contributed by atoms with Gasteiger partial charge >= 0.3 is 0 Å². The number of fused-ring (bicyclic) bond motifs is 1. The molecule has 2 aromatic rings. The van der Waals surface area contributed by atoms with Crippen LogP contribution in [-0.4, -0.2) is 45.3 Å². The number of benzene rings is 1. The van der Waals surface area contributed by atoms with Crippen LogP contribution in [-0.2, 0) is 19.5 Å². The van der Waals surface area contributed by atoms with Crippen LogP contribution >= 0.6 is 0 Å². The van der Waals surface area contributed by atoms with Gasteiger partial charge in [-0.15, -0.1) is 0 Å². The van der Waals surface area contributed by atoms with Crippen molar-refractivity contribution in [3.05, 3.63) is 48.0 Å². The van der Waals surface area contributed by atoms with Crippen LogP contribution in [0.1, 0.15) is 18.1 Å². The summed E-state index contributed by atoms with van der Waals surface area (Å²) in [5, 5.41) is 7.70. The van der Waals surface area contributed by atoms with Crippen molar-refractivity contribution in [3.8, 4) is 0 Å². The Balaban J connectivity index is 1.40. The summed E-state index contributed by atoms with van der Waals surface area (Å²) in [5.74, 6) is 0. The van der Waals surface area contributed by atoms with Gasteiger partial charge in [0.05, 0.1) is 6.54 Å². The first-order chi connectivity index (χ1) is 10.3. The second kappa shape index (κ2) is 6.83. The van der Waals surface area contributed by atoms with Crippen LogP contribution in [0.5, 0.6) is 0 Å². The minimum atomic E-state index is 0.406. The Morgan fingerprint density at radius 1 is 1.29 bits per heavy atom. The Kier molecular flexibility index (Phi) is 4.62. The summed E-state index contributed by atoms with van der Waals surface area (Å²) < 4.78 is 1.87. The molecule has 3 rings (SSSR count). The molecule has 21 heavy (non-hydrogen) atoms. The van der Waals surface area contributed by atoms with Gasteiger partial charge in [0.1, 0.15) is 12.7 Å². The van der Waals surface area contributed by atoms with E-state index in [-0.39, 0.29) is 0 Å². The fraction of sp³-hybridized carbons (Fsp3) is 0.500. The van der Waals surface area contributed by atoms with Crippen LogP contribution in [0, 0.1) is 0 Å². The van der Waals surface area contributed by atoms with Gasteiger partial charge < -0.3 is 5.32 Å². The summed E-state index contributed by atoms with van der Waals surface area (Å²) in [7, 11) is 0. The first kappa shape index (κ1) is 14.2. The van der Waals surface area contributed by atoms with Crippen molar-refractivity contribution in [2.75, 3.05) is 19.6 Å². The zero-order chi connectivity index (χ0) is 14.5. The van der Waals surface area contributed by atoms with E-state index in [0.717, 1.165) is 32.7 Å². The predicted molar refractivity (Wildman–Crippen MR) is 82.9 cm³/mol. The highest BCUT2D eigenvalue weighted by Crippen LogP contribution is 2.17. The lowest BCUT2D eigenvalue weighted by Gasteiger charge is -2.29. The maximum Gasteiger partial charge on any atom is 0.137 e. The number of rotatable bonds is 6. The predicted octanol–water partition coefficient (Wildman–Crippen LogP) is 1.31. The summed E-state index contributed by atoms with van der Waals surface area (Å²) in [6.07, 6.45) is 4.52. The first-order valence-electron chi connectivity index (χ1n) is 7.66. The highest BCUT2D eigenvalue weighted by molar-refractivity contribution is 5.28. The number of nitrogens with one attached hydrogen (secondary N) is 1. The average Bonchev–Trinajstić information content (AvgIpc) is 3.00. The molecule has 5 nitrogen and oxygen atoms in total. The standard InChI is InChI=1S/C16H23N5/c1-14(10-21-13-17-12-19-21)18-7-9-20-8-6-15-4-2-3-5-16(15)11-20/h2-5,12-14,18H,6-11H2,1H3/t14-/m0/s1. The van der Waals surface area contributed by atoms with E-state index < -0.39 is 0 Å². The van der Waals surface area contributed by atoms with Crippen LogP contribution in [0.15, 0.2) is 36.9 Å². The SMILES string of the molecule is C[C@@H](Cn1cncn1)NCCN1CCc2ccccc2C1. The molecule has 0 unspecified atom stereocenters. The van der Waals surface area contributed by atoms with Crippen molar-refractivity contribution in [2.45, 2.75) is 32.5 Å². The van der Waals surface area contributed by atoms with Gasteiger partial charge in [0.15, 0.2) is 0 Å². The van der Waals surface area contributed by atoms with E-state index in [1.807, 2.05) is 4.68 Å². The molecule has 1 aliphatic heterocycles. The van der Waals surface area contributed by atoms with Gasteiger partial charge in [0.25, 0.3) is 0 Å². The molecule has 5 heteroatoms. The molecule has 1 aliphatic rings. The van der Waals surface area contributed by atoms with Gasteiger partial charge in [-0.3, -0.25) is 9.58 Å². The van der Waals surface area contributed by atoms with E-state index in [0.29, 0.717) is 6.04 Å². The third kappa shape index (κ3) is 3.89. The smallest absolute Gasteiger partial charge is 0.137 e. The molecule has 1 atom stereocenters. The Morgan fingerprint density at radius 2 is 2.14 bits per heavy atom. The molecule has 0 fully saturated rings.